The van der Waals surface area contributed by atoms with Crippen LogP contribution in [0.5, 0.6) is 11.5 Å². The van der Waals surface area contributed by atoms with Gasteiger partial charge in [0.05, 0.1) is 19.9 Å². The van der Waals surface area contributed by atoms with Crippen molar-refractivity contribution < 1.29 is 22.4 Å². The van der Waals surface area contributed by atoms with Crippen LogP contribution >= 0.6 is 11.3 Å². The minimum Gasteiger partial charge on any atom is -0.497 e. The van der Waals surface area contributed by atoms with E-state index in [0.717, 1.165) is 9.87 Å². The molecular formula is C21H19N3O5S2. The van der Waals surface area contributed by atoms with Gasteiger partial charge in [-0.3, -0.25) is 4.31 Å². The number of rotatable bonds is 7. The van der Waals surface area contributed by atoms with Gasteiger partial charge in [-0.2, -0.15) is 4.98 Å². The third-order valence-electron chi connectivity index (χ3n) is 4.62. The Balaban J connectivity index is 1.72. The number of anilines is 1. The topological polar surface area (TPSA) is 94.8 Å². The Hall–Kier alpha value is -3.37. The van der Waals surface area contributed by atoms with E-state index in [1.807, 2.05) is 30.3 Å². The molecule has 4 rings (SSSR count). The smallest absolute Gasteiger partial charge is 0.269 e. The first-order valence-corrected chi connectivity index (χ1v) is 11.4. The van der Waals surface area contributed by atoms with Crippen LogP contribution in [-0.4, -0.2) is 39.8 Å². The number of nitrogens with zero attached hydrogens (tertiary/aromatic N) is 3. The number of sulfonamides is 1. The number of methoxy groups -OCH3 is 2. The predicted octanol–water partition coefficient (Wildman–Crippen LogP) is 4.31. The second-order valence-electron chi connectivity index (χ2n) is 6.45. The molecule has 0 spiro atoms. The van der Waals surface area contributed by atoms with Crippen LogP contribution in [-0.2, 0) is 10.0 Å². The number of hydrogen-bond donors (Lipinski definition) is 0. The van der Waals surface area contributed by atoms with Crippen molar-refractivity contribution in [3.8, 4) is 33.7 Å². The summed E-state index contributed by atoms with van der Waals surface area (Å²) in [5.41, 5.74) is 1.17. The van der Waals surface area contributed by atoms with Crippen molar-refractivity contribution in [1.29, 1.82) is 0 Å². The Kier molecular flexibility index (Phi) is 5.66. The monoisotopic (exact) mass is 457 g/mol. The molecule has 31 heavy (non-hydrogen) atoms. The first kappa shape index (κ1) is 20.9. The summed E-state index contributed by atoms with van der Waals surface area (Å²) in [6.07, 6.45) is 0. The van der Waals surface area contributed by atoms with Crippen molar-refractivity contribution in [2.45, 2.75) is 4.90 Å². The molecule has 2 heterocycles. The van der Waals surface area contributed by atoms with Crippen molar-refractivity contribution in [3.05, 3.63) is 60.0 Å². The SMILES string of the molecule is COc1cc(OC)cc(N(C)S(=O)(=O)c2ccsc2-c2nc(-c3ccccc3)no2)c1. The lowest BCUT2D eigenvalue weighted by Crippen LogP contribution is -2.26. The zero-order valence-electron chi connectivity index (χ0n) is 17.0. The Bertz CT molecular complexity index is 1280. The zero-order valence-corrected chi connectivity index (χ0v) is 18.6. The number of aromatic nitrogens is 2. The maximum Gasteiger partial charge on any atom is 0.269 e. The van der Waals surface area contributed by atoms with E-state index >= 15 is 0 Å². The van der Waals surface area contributed by atoms with E-state index in [1.54, 1.807) is 23.6 Å². The fraction of sp³-hybridized carbons (Fsp3) is 0.143. The van der Waals surface area contributed by atoms with Crippen LogP contribution in [0.4, 0.5) is 5.69 Å². The molecule has 8 nitrogen and oxygen atoms in total. The summed E-state index contributed by atoms with van der Waals surface area (Å²) in [5.74, 6) is 1.49. The van der Waals surface area contributed by atoms with Crippen molar-refractivity contribution in [2.24, 2.45) is 0 Å². The Morgan fingerprint density at radius 1 is 1.00 bits per heavy atom. The van der Waals surface area contributed by atoms with Crippen LogP contribution < -0.4 is 13.8 Å². The fourth-order valence-corrected chi connectivity index (χ4v) is 5.43. The van der Waals surface area contributed by atoms with Crippen LogP contribution in [0.3, 0.4) is 0 Å². The van der Waals surface area contributed by atoms with E-state index in [1.165, 1.54) is 38.7 Å². The highest BCUT2D eigenvalue weighted by molar-refractivity contribution is 7.93. The number of thiophene rings is 1. The van der Waals surface area contributed by atoms with Gasteiger partial charge < -0.3 is 14.0 Å². The molecule has 0 aliphatic rings. The van der Waals surface area contributed by atoms with Crippen LogP contribution in [0.1, 0.15) is 0 Å². The van der Waals surface area contributed by atoms with E-state index in [0.29, 0.717) is 27.9 Å². The highest BCUT2D eigenvalue weighted by Gasteiger charge is 2.29. The zero-order chi connectivity index (χ0) is 22.0. The molecule has 0 atom stereocenters. The lowest BCUT2D eigenvalue weighted by Gasteiger charge is -2.20. The normalized spacial score (nSPS) is 11.3. The lowest BCUT2D eigenvalue weighted by molar-refractivity contribution is 0.394. The van der Waals surface area contributed by atoms with Gasteiger partial charge in [0.25, 0.3) is 15.9 Å². The van der Waals surface area contributed by atoms with Crippen molar-refractivity contribution >= 4 is 27.0 Å². The second-order valence-corrected chi connectivity index (χ2v) is 9.30. The standard InChI is InChI=1S/C21H19N3O5S2/c1-24(15-11-16(27-2)13-17(12-15)28-3)31(25,26)18-9-10-30-19(18)21-22-20(23-29-21)14-7-5-4-6-8-14/h4-13H,1-3H3. The van der Waals surface area contributed by atoms with Gasteiger partial charge >= 0.3 is 0 Å². The highest BCUT2D eigenvalue weighted by Crippen LogP contribution is 2.37. The minimum absolute atomic E-state index is 0.0741. The molecule has 0 radical (unpaired) electrons. The average molecular weight is 458 g/mol. The molecule has 0 amide bonds. The van der Waals surface area contributed by atoms with Crippen LogP contribution in [0.25, 0.3) is 22.2 Å². The lowest BCUT2D eigenvalue weighted by atomic mass is 10.2. The molecule has 4 aromatic rings. The number of benzene rings is 2. The van der Waals surface area contributed by atoms with Crippen molar-refractivity contribution in [2.75, 3.05) is 25.6 Å². The molecule has 0 saturated carbocycles. The summed E-state index contributed by atoms with van der Waals surface area (Å²) >= 11 is 1.21. The first-order chi connectivity index (χ1) is 14.9. The summed E-state index contributed by atoms with van der Waals surface area (Å²) in [7, 11) is 0.546. The van der Waals surface area contributed by atoms with Gasteiger partial charge in [-0.25, -0.2) is 8.42 Å². The van der Waals surface area contributed by atoms with E-state index < -0.39 is 10.0 Å². The molecule has 0 saturated heterocycles. The van der Waals surface area contributed by atoms with Gasteiger partial charge in [-0.15, -0.1) is 11.3 Å². The fourth-order valence-electron chi connectivity index (χ4n) is 2.94. The Labute approximate surface area is 183 Å². The third-order valence-corrected chi connectivity index (χ3v) is 7.48. The van der Waals surface area contributed by atoms with Crippen LogP contribution in [0.2, 0.25) is 0 Å². The van der Waals surface area contributed by atoms with Gasteiger partial charge in [0, 0.05) is 30.8 Å². The molecule has 0 bridgehead atoms. The minimum atomic E-state index is -3.93. The first-order valence-electron chi connectivity index (χ1n) is 9.13. The quantitative estimate of drug-likeness (QED) is 0.408. The molecular weight excluding hydrogens is 438 g/mol. The molecule has 160 valence electrons. The van der Waals surface area contributed by atoms with Crippen molar-refractivity contribution in [1.82, 2.24) is 10.1 Å². The third kappa shape index (κ3) is 3.99. The van der Waals surface area contributed by atoms with Crippen LogP contribution in [0.15, 0.2) is 69.4 Å². The Morgan fingerprint density at radius 2 is 1.68 bits per heavy atom. The van der Waals surface area contributed by atoms with Gasteiger partial charge in [-0.1, -0.05) is 35.5 Å². The predicted molar refractivity (Wildman–Crippen MR) is 118 cm³/mol. The van der Waals surface area contributed by atoms with E-state index in [9.17, 15) is 8.42 Å². The molecule has 0 aliphatic heterocycles. The molecule has 0 unspecified atom stereocenters. The van der Waals surface area contributed by atoms with Gasteiger partial charge in [0.1, 0.15) is 21.3 Å². The largest absolute Gasteiger partial charge is 0.497 e. The maximum atomic E-state index is 13.4. The summed E-state index contributed by atoms with van der Waals surface area (Å²) in [5, 5.41) is 5.67. The van der Waals surface area contributed by atoms with Crippen LogP contribution in [0, 0.1) is 0 Å². The Morgan fingerprint density at radius 3 is 2.32 bits per heavy atom. The van der Waals surface area contributed by atoms with Gasteiger partial charge in [0.15, 0.2) is 0 Å². The number of hydrogen-bond acceptors (Lipinski definition) is 8. The van der Waals surface area contributed by atoms with E-state index in [-0.39, 0.29) is 10.8 Å². The summed E-state index contributed by atoms with van der Waals surface area (Å²) in [6, 6.07) is 15.7. The molecule has 2 aromatic heterocycles. The van der Waals surface area contributed by atoms with Gasteiger partial charge in [0.2, 0.25) is 5.82 Å². The van der Waals surface area contributed by atoms with E-state index in [4.69, 9.17) is 14.0 Å². The van der Waals surface area contributed by atoms with Gasteiger partial charge in [-0.05, 0) is 11.4 Å². The van der Waals surface area contributed by atoms with E-state index in [2.05, 4.69) is 10.1 Å². The summed E-state index contributed by atoms with van der Waals surface area (Å²) in [6.45, 7) is 0. The highest BCUT2D eigenvalue weighted by atomic mass is 32.2. The molecule has 10 heteroatoms. The second kappa shape index (κ2) is 8.40. The molecule has 2 aromatic carbocycles. The average Bonchev–Trinajstić information content (AvgIpc) is 3.48. The number of ether oxygens (including phenoxy) is 2. The summed E-state index contributed by atoms with van der Waals surface area (Å²) in [4.78, 5) is 4.84. The van der Waals surface area contributed by atoms with Crippen molar-refractivity contribution in [3.63, 3.8) is 0 Å². The molecule has 0 aliphatic carbocycles. The summed E-state index contributed by atoms with van der Waals surface area (Å²) < 4.78 is 43.9. The molecule has 0 fully saturated rings. The molecule has 0 N–H and O–H groups in total. The maximum absolute atomic E-state index is 13.4.